The number of benzene rings is 3. The second kappa shape index (κ2) is 33.2. The molecule has 3 aromatic carbocycles. The molecule has 0 fully saturated rings. The smallest absolute Gasteiger partial charge is 0.408 e. The molecular formula is C64H79N11O11. The maximum Gasteiger partial charge on any atom is 0.408 e. The Morgan fingerprint density at radius 1 is 0.756 bits per heavy atom. The summed E-state index contributed by atoms with van der Waals surface area (Å²) in [6.45, 7) is 9.13. The lowest BCUT2D eigenvalue weighted by Gasteiger charge is -2.24. The zero-order valence-electron chi connectivity index (χ0n) is 49.4. The summed E-state index contributed by atoms with van der Waals surface area (Å²) in [6.07, 6.45) is 10.8. The van der Waals surface area contributed by atoms with Gasteiger partial charge in [0.1, 0.15) is 12.4 Å². The number of primary amides is 1. The Morgan fingerprint density at radius 3 is 2.16 bits per heavy atom. The number of anilines is 2. The topological polar surface area (TPSA) is 324 Å². The van der Waals surface area contributed by atoms with Crippen molar-refractivity contribution in [3.63, 3.8) is 0 Å². The van der Waals surface area contributed by atoms with E-state index in [-0.39, 0.29) is 112 Å². The predicted molar refractivity (Wildman–Crippen MR) is 326 cm³/mol. The van der Waals surface area contributed by atoms with E-state index in [2.05, 4.69) is 36.6 Å². The minimum Gasteiger partial charge on any atom is -0.445 e. The number of Topliss-reactive ketones (excluding diaryl/α,β-unsaturated/α-hetero) is 2. The third-order valence-corrected chi connectivity index (χ3v) is 14.4. The van der Waals surface area contributed by atoms with E-state index in [1.807, 2.05) is 49.1 Å². The summed E-state index contributed by atoms with van der Waals surface area (Å²) in [6, 6.07) is 19.9. The molecule has 86 heavy (non-hydrogen) atoms. The van der Waals surface area contributed by atoms with Gasteiger partial charge in [-0.25, -0.2) is 14.6 Å². The number of alkyl carbamates (subject to hydrolysis) is 1. The number of rotatable bonds is 33. The molecule has 0 saturated carbocycles. The number of hydrogen-bond acceptors (Lipinski definition) is 14. The fourth-order valence-electron chi connectivity index (χ4n) is 9.93. The molecule has 2 aliphatic rings. The molecule has 9 N–H and O–H groups in total. The van der Waals surface area contributed by atoms with Gasteiger partial charge in [0.25, 0.3) is 17.7 Å². The van der Waals surface area contributed by atoms with Gasteiger partial charge in [0.15, 0.2) is 11.6 Å². The number of amides is 9. The number of fused-ring (bicyclic) bond motifs is 1. The lowest BCUT2D eigenvalue weighted by Crippen LogP contribution is -2.45. The van der Waals surface area contributed by atoms with Crippen LogP contribution in [0.4, 0.5) is 26.7 Å². The summed E-state index contributed by atoms with van der Waals surface area (Å²) in [5.41, 5.74) is 16.3. The second-order valence-corrected chi connectivity index (χ2v) is 21.7. The molecule has 0 bridgehead atoms. The van der Waals surface area contributed by atoms with Gasteiger partial charge in [0.2, 0.25) is 17.7 Å². The zero-order valence-corrected chi connectivity index (χ0v) is 49.4. The molecule has 3 atom stereocenters. The zero-order chi connectivity index (χ0) is 62.1. The van der Waals surface area contributed by atoms with Gasteiger partial charge in [-0.2, -0.15) is 0 Å². The SMILES string of the molecule is CCCN(CCC)C(=O)C1=Cc2ccc(C(=O)Nc3cncc(CCC(=O)[C@H](Cc4ccccc4)NC(=O)OCc4ccc(NC(=O)C(CCCNC(N)=O)CC(=O)[C@@H](NC(=O)CCCCCN5C(=O)C=CC5=O)C(C)C)cc4)c3)cc2N=C(N)C1. The molecule has 1 aromatic heterocycles. The van der Waals surface area contributed by atoms with Crippen molar-refractivity contribution in [1.82, 2.24) is 30.7 Å². The maximum absolute atomic E-state index is 13.9. The molecule has 0 spiro atoms. The summed E-state index contributed by atoms with van der Waals surface area (Å²) in [4.78, 5) is 142. The van der Waals surface area contributed by atoms with Crippen LogP contribution in [0, 0.1) is 11.8 Å². The number of aliphatic imine (C=N–C) groups is 1. The van der Waals surface area contributed by atoms with E-state index in [1.54, 1.807) is 74.7 Å². The average Bonchev–Trinajstić information content (AvgIpc) is 3.16. The van der Waals surface area contributed by atoms with E-state index in [0.717, 1.165) is 23.3 Å². The Morgan fingerprint density at radius 2 is 1.48 bits per heavy atom. The number of carbonyl (C=O) groups is 10. The number of ether oxygens (including phenoxy) is 1. The first-order valence-corrected chi connectivity index (χ1v) is 29.3. The van der Waals surface area contributed by atoms with E-state index in [4.69, 9.17) is 16.2 Å². The van der Waals surface area contributed by atoms with Crippen molar-refractivity contribution in [2.24, 2.45) is 28.3 Å². The van der Waals surface area contributed by atoms with Crippen LogP contribution in [0.2, 0.25) is 0 Å². The molecule has 22 nitrogen and oxygen atoms in total. The number of hydrogen-bond donors (Lipinski definition) is 7. The van der Waals surface area contributed by atoms with E-state index in [0.29, 0.717) is 83.7 Å². The lowest BCUT2D eigenvalue weighted by atomic mass is 9.89. The quantitative estimate of drug-likeness (QED) is 0.0181. The molecule has 0 saturated heterocycles. The first-order valence-electron chi connectivity index (χ1n) is 29.3. The standard InChI is InChI=1S/C64H79N11O11/c1-5-29-74(30-6-2)62(83)48-34-45-21-22-47(35-51(45)71-55(65)37-48)61(82)70-50-32-44(38-67-39-50)20-25-53(76)52(33-42-14-9-7-10-15-42)72-64(85)86-40-43-18-23-49(24-19-43)69-60(81)46(16-13-28-68-63(66)84)36-54(77)59(41(3)4)73-56(78)17-11-8-12-31-75-57(79)26-27-58(75)80/h7,9-10,14-15,18-19,21-24,26-27,32,34-35,38-39,41,46,52,59H,5-6,8,11-13,16-17,20,25,28-31,33,36-37,40H2,1-4H3,(H2,65,71)(H,69,81)(H,70,82)(H,72,85)(H,73,78)(H3,66,68,84)/t46?,52-,59-/m0/s1. The number of pyridine rings is 1. The van der Waals surface area contributed by atoms with Gasteiger partial charge in [0, 0.05) is 98.5 Å². The van der Waals surface area contributed by atoms with Crippen LogP contribution in [0.1, 0.15) is 131 Å². The molecule has 0 aliphatic carbocycles. The van der Waals surface area contributed by atoms with Crippen LogP contribution >= 0.6 is 0 Å². The summed E-state index contributed by atoms with van der Waals surface area (Å²) < 4.78 is 5.58. The Bertz CT molecular complexity index is 3150. The van der Waals surface area contributed by atoms with E-state index in [9.17, 15) is 47.9 Å². The Hall–Kier alpha value is -9.34. The summed E-state index contributed by atoms with van der Waals surface area (Å²) in [5.74, 6) is -3.54. The first kappa shape index (κ1) is 65.8. The number of amidine groups is 1. The fraction of sp³-hybridized carbons (Fsp3) is 0.406. The normalized spacial score (nSPS) is 13.7. The van der Waals surface area contributed by atoms with Crippen molar-refractivity contribution in [3.8, 4) is 0 Å². The predicted octanol–water partition coefficient (Wildman–Crippen LogP) is 7.39. The largest absolute Gasteiger partial charge is 0.445 e. The van der Waals surface area contributed by atoms with Gasteiger partial charge in [0.05, 0.1) is 29.7 Å². The van der Waals surface area contributed by atoms with Gasteiger partial charge in [-0.3, -0.25) is 48.2 Å². The molecule has 2 aliphatic heterocycles. The van der Waals surface area contributed by atoms with Crippen molar-refractivity contribution in [2.75, 3.05) is 36.8 Å². The number of aryl methyl sites for hydroxylation is 1. The van der Waals surface area contributed by atoms with Crippen LogP contribution in [0.5, 0.6) is 0 Å². The summed E-state index contributed by atoms with van der Waals surface area (Å²) in [7, 11) is 0. The molecule has 6 rings (SSSR count). The Balaban J connectivity index is 1.01. The van der Waals surface area contributed by atoms with Gasteiger partial charge >= 0.3 is 12.1 Å². The third-order valence-electron chi connectivity index (χ3n) is 14.4. The molecule has 9 amide bonds. The molecule has 0 radical (unpaired) electrons. The van der Waals surface area contributed by atoms with Crippen LogP contribution in [0.3, 0.4) is 0 Å². The average molecular weight is 1180 g/mol. The van der Waals surface area contributed by atoms with Crippen molar-refractivity contribution < 1.29 is 52.7 Å². The van der Waals surface area contributed by atoms with Gasteiger partial charge in [-0.05, 0) is 110 Å². The van der Waals surface area contributed by atoms with Crippen molar-refractivity contribution >= 4 is 88.1 Å². The van der Waals surface area contributed by atoms with Crippen molar-refractivity contribution in [2.45, 2.75) is 130 Å². The van der Waals surface area contributed by atoms with E-state index >= 15 is 0 Å². The third kappa shape index (κ3) is 20.8. The molecule has 456 valence electrons. The number of nitrogens with one attached hydrogen (secondary N) is 5. The number of nitrogens with two attached hydrogens (primary N) is 2. The number of ketones is 2. The highest BCUT2D eigenvalue weighted by Crippen LogP contribution is 2.29. The maximum atomic E-state index is 13.9. The minimum atomic E-state index is -0.959. The molecule has 3 heterocycles. The van der Waals surface area contributed by atoms with E-state index < -0.39 is 41.9 Å². The highest BCUT2D eigenvalue weighted by Gasteiger charge is 2.30. The summed E-state index contributed by atoms with van der Waals surface area (Å²) >= 11 is 0. The molecule has 22 heteroatoms. The van der Waals surface area contributed by atoms with Crippen molar-refractivity contribution in [1.29, 1.82) is 0 Å². The number of carbonyl (C=O) groups excluding carboxylic acids is 10. The van der Waals surface area contributed by atoms with Crippen LogP contribution in [-0.4, -0.2) is 118 Å². The number of aromatic nitrogens is 1. The van der Waals surface area contributed by atoms with Gasteiger partial charge < -0.3 is 47.7 Å². The van der Waals surface area contributed by atoms with Crippen LogP contribution < -0.4 is 38.1 Å². The minimum absolute atomic E-state index is 0.0191. The summed E-state index contributed by atoms with van der Waals surface area (Å²) in [5, 5.41) is 13.8. The fourth-order valence-corrected chi connectivity index (χ4v) is 9.93. The van der Waals surface area contributed by atoms with Gasteiger partial charge in [-0.1, -0.05) is 82.6 Å². The van der Waals surface area contributed by atoms with Crippen LogP contribution in [0.15, 0.2) is 114 Å². The molecule has 1 unspecified atom stereocenters. The Kier molecular flexibility index (Phi) is 25.4. The second-order valence-electron chi connectivity index (χ2n) is 21.7. The number of nitrogens with zero attached hydrogens (tertiary/aromatic N) is 4. The van der Waals surface area contributed by atoms with Gasteiger partial charge in [-0.15, -0.1) is 0 Å². The number of urea groups is 1. The molecular weight excluding hydrogens is 1100 g/mol. The highest BCUT2D eigenvalue weighted by atomic mass is 16.5. The number of unbranched alkanes of at least 4 members (excludes halogenated alkanes) is 2. The molecule has 4 aromatic rings. The monoisotopic (exact) mass is 1180 g/mol. The lowest BCUT2D eigenvalue weighted by molar-refractivity contribution is -0.137. The van der Waals surface area contributed by atoms with Crippen LogP contribution in [0.25, 0.3) is 6.08 Å². The van der Waals surface area contributed by atoms with Crippen LogP contribution in [-0.2, 0) is 57.7 Å². The number of imide groups is 1. The highest BCUT2D eigenvalue weighted by molar-refractivity contribution is 6.13. The van der Waals surface area contributed by atoms with E-state index in [1.165, 1.54) is 18.3 Å². The van der Waals surface area contributed by atoms with Crippen molar-refractivity contribution in [3.05, 3.63) is 137 Å². The Labute approximate surface area is 501 Å². The first-order chi connectivity index (χ1) is 41.3.